The Hall–Kier alpha value is -6.12. The van der Waals surface area contributed by atoms with Crippen molar-refractivity contribution in [1.29, 1.82) is 10.5 Å². The van der Waals surface area contributed by atoms with Crippen LogP contribution < -0.4 is 9.47 Å². The van der Waals surface area contributed by atoms with E-state index in [2.05, 4.69) is 13.2 Å². The fourth-order valence-electron chi connectivity index (χ4n) is 9.62. The Morgan fingerprint density at radius 1 is 0.459 bits per heavy atom. The van der Waals surface area contributed by atoms with Crippen molar-refractivity contribution in [2.24, 2.45) is 35.5 Å². The molecule has 398 valence electrons. The second kappa shape index (κ2) is 29.1. The maximum Gasteiger partial charge on any atom is 0.330 e. The molecule has 4 fully saturated rings. The fraction of sp³-hybridized carbons (Fsp3) is 0.593. The molecule has 20 heteroatoms. The smallest absolute Gasteiger partial charge is 0.330 e. The van der Waals surface area contributed by atoms with Crippen molar-refractivity contribution in [3.63, 3.8) is 0 Å². The SMILES string of the molecule is C=CC(=O)OCCCCOC(=O)C1CCC(C(=O)OC2CCC(C(=O)Oc3ccc(OC(=O)C4CCC(OC(=O)C5CCC(C(=O)OCCCCOC(=O)C=C)CC5)CC4)c4c3SC(=C(C#N)C#N)S4)CC2)CC1. The number of nitrogens with zero attached hydrogens (tertiary/aromatic N) is 2. The summed E-state index contributed by atoms with van der Waals surface area (Å²) >= 11 is 2.17. The van der Waals surface area contributed by atoms with Crippen molar-refractivity contribution in [1.82, 2.24) is 0 Å². The molecule has 0 unspecified atom stereocenters. The highest BCUT2D eigenvalue weighted by atomic mass is 32.2. The van der Waals surface area contributed by atoms with Crippen LogP contribution in [0.1, 0.15) is 128 Å². The van der Waals surface area contributed by atoms with Crippen LogP contribution in [0.25, 0.3) is 0 Å². The normalized spacial score (nSPS) is 24.2. The van der Waals surface area contributed by atoms with E-state index in [4.69, 9.17) is 37.9 Å². The number of allylic oxidation sites excluding steroid dienone is 1. The first-order chi connectivity index (χ1) is 35.8. The molecule has 0 spiro atoms. The van der Waals surface area contributed by atoms with Crippen LogP contribution in [-0.2, 0) is 66.8 Å². The summed E-state index contributed by atoms with van der Waals surface area (Å²) in [4.78, 5) is 102. The minimum absolute atomic E-state index is 0.138. The summed E-state index contributed by atoms with van der Waals surface area (Å²) in [5, 5.41) is 19.3. The number of thioether (sulfide) groups is 2. The van der Waals surface area contributed by atoms with Gasteiger partial charge in [0.2, 0.25) is 0 Å². The predicted octanol–water partition coefficient (Wildman–Crippen LogP) is 8.88. The third-order valence-corrected chi connectivity index (χ3v) is 16.7. The number of carbonyl (C=O) groups is 8. The van der Waals surface area contributed by atoms with Crippen molar-refractivity contribution in [3.8, 4) is 23.6 Å². The van der Waals surface area contributed by atoms with E-state index in [1.807, 2.05) is 12.1 Å². The summed E-state index contributed by atoms with van der Waals surface area (Å²) in [6, 6.07) is 6.86. The van der Waals surface area contributed by atoms with Crippen LogP contribution in [0, 0.1) is 58.2 Å². The third kappa shape index (κ3) is 16.7. The Morgan fingerprint density at radius 2 is 0.757 bits per heavy atom. The molecule has 0 bridgehead atoms. The molecule has 6 rings (SSSR count). The lowest BCUT2D eigenvalue weighted by Crippen LogP contribution is -2.33. The monoisotopic (exact) mass is 1060 g/mol. The Kier molecular flexibility index (Phi) is 22.5. The molecule has 0 saturated heterocycles. The summed E-state index contributed by atoms with van der Waals surface area (Å²) in [5.41, 5.74) is -0.138. The van der Waals surface area contributed by atoms with E-state index < -0.39 is 35.7 Å². The van der Waals surface area contributed by atoms with Gasteiger partial charge in [-0.15, -0.1) is 0 Å². The lowest BCUT2D eigenvalue weighted by atomic mass is 9.82. The number of esters is 8. The maximum absolute atomic E-state index is 13.6. The number of ether oxygens (including phenoxy) is 8. The molecular formula is C54H64N2O16S2. The van der Waals surface area contributed by atoms with E-state index >= 15 is 0 Å². The topological polar surface area (TPSA) is 258 Å². The van der Waals surface area contributed by atoms with Crippen LogP contribution >= 0.6 is 23.5 Å². The van der Waals surface area contributed by atoms with E-state index in [-0.39, 0.29) is 103 Å². The minimum Gasteiger partial charge on any atom is -0.465 e. The van der Waals surface area contributed by atoms with Gasteiger partial charge in [-0.3, -0.25) is 28.8 Å². The van der Waals surface area contributed by atoms with Gasteiger partial charge in [0, 0.05) is 12.2 Å². The van der Waals surface area contributed by atoms with E-state index in [9.17, 15) is 48.9 Å². The molecular weight excluding hydrogens is 997 g/mol. The summed E-state index contributed by atoms with van der Waals surface area (Å²) in [7, 11) is 0. The number of unbranched alkanes of at least 4 members (excludes halogenated alkanes) is 2. The lowest BCUT2D eigenvalue weighted by molar-refractivity contribution is -0.161. The highest BCUT2D eigenvalue weighted by Gasteiger charge is 2.38. The Labute approximate surface area is 439 Å². The van der Waals surface area contributed by atoms with E-state index in [0.717, 1.165) is 35.7 Å². The van der Waals surface area contributed by atoms with E-state index in [1.165, 1.54) is 12.1 Å². The van der Waals surface area contributed by atoms with Crippen molar-refractivity contribution in [2.75, 3.05) is 26.4 Å². The van der Waals surface area contributed by atoms with E-state index in [1.54, 1.807) is 0 Å². The second-order valence-electron chi connectivity index (χ2n) is 19.1. The molecule has 0 aromatic heterocycles. The molecule has 4 saturated carbocycles. The van der Waals surface area contributed by atoms with Crippen LogP contribution in [0.4, 0.5) is 0 Å². The van der Waals surface area contributed by atoms with Gasteiger partial charge in [0.1, 0.15) is 41.4 Å². The van der Waals surface area contributed by atoms with Crippen molar-refractivity contribution >= 4 is 71.3 Å². The number of rotatable bonds is 22. The van der Waals surface area contributed by atoms with Crippen molar-refractivity contribution in [3.05, 3.63) is 47.3 Å². The summed E-state index contributed by atoms with van der Waals surface area (Å²) in [6.45, 7) is 7.58. The third-order valence-electron chi connectivity index (χ3n) is 14.0. The van der Waals surface area contributed by atoms with Crippen LogP contribution in [-0.4, -0.2) is 86.4 Å². The average molecular weight is 1060 g/mol. The molecule has 0 amide bonds. The van der Waals surface area contributed by atoms with Gasteiger partial charge in [-0.1, -0.05) is 36.7 Å². The van der Waals surface area contributed by atoms with Gasteiger partial charge < -0.3 is 37.9 Å². The highest BCUT2D eigenvalue weighted by molar-refractivity contribution is 8.24. The zero-order valence-electron chi connectivity index (χ0n) is 41.6. The van der Waals surface area contributed by atoms with Gasteiger partial charge in [-0.25, -0.2) is 9.59 Å². The quantitative estimate of drug-likeness (QED) is 0.0262. The standard InChI is InChI=1S/C54H64N2O16S2/c1-3-44(57)65-27-5-7-29-67-48(59)33-9-13-35(14-10-33)50(61)69-40-21-17-37(18-22-40)52(63)71-42-25-26-43(47-46(42)73-54(74-47)39(31-55)32-56)72-53(64)38-19-23-41(24-20-38)70-51(62)36-15-11-34(12-16-36)49(60)68-30-8-6-28-66-45(58)4-2/h3-4,25-26,33-38,40-41H,1-2,5-24,27-30H2. The first-order valence-corrected chi connectivity index (χ1v) is 27.3. The molecule has 1 heterocycles. The number of hydrogen-bond donors (Lipinski definition) is 0. The van der Waals surface area contributed by atoms with Gasteiger partial charge in [-0.2, -0.15) is 10.5 Å². The van der Waals surface area contributed by atoms with Crippen LogP contribution in [0.15, 0.2) is 57.0 Å². The van der Waals surface area contributed by atoms with Crippen molar-refractivity contribution in [2.45, 2.75) is 150 Å². The first kappa shape index (κ1) is 57.2. The molecule has 18 nitrogen and oxygen atoms in total. The maximum atomic E-state index is 13.6. The highest BCUT2D eigenvalue weighted by Crippen LogP contribution is 2.59. The van der Waals surface area contributed by atoms with Crippen LogP contribution in [0.5, 0.6) is 11.5 Å². The minimum atomic E-state index is -0.496. The molecule has 0 N–H and O–H groups in total. The van der Waals surface area contributed by atoms with Crippen molar-refractivity contribution < 1.29 is 76.3 Å². The second-order valence-corrected chi connectivity index (χ2v) is 21.4. The molecule has 5 aliphatic rings. The largest absolute Gasteiger partial charge is 0.465 e. The molecule has 1 aromatic carbocycles. The molecule has 1 aromatic rings. The van der Waals surface area contributed by atoms with Gasteiger partial charge >= 0.3 is 47.8 Å². The number of fused-ring (bicyclic) bond motifs is 1. The summed E-state index contributed by atoms with van der Waals surface area (Å²) < 4.78 is 44.7. The Bertz CT molecular complexity index is 2200. The first-order valence-electron chi connectivity index (χ1n) is 25.6. The van der Waals surface area contributed by atoms with Crippen LogP contribution in [0.3, 0.4) is 0 Å². The summed E-state index contributed by atoms with van der Waals surface area (Å²) in [6.07, 6.45) is 11.3. The van der Waals surface area contributed by atoms with Crippen LogP contribution in [0.2, 0.25) is 0 Å². The molecule has 0 atom stereocenters. The Balaban J connectivity index is 0.911. The fourth-order valence-corrected chi connectivity index (χ4v) is 12.1. The van der Waals surface area contributed by atoms with Gasteiger partial charge in [0.25, 0.3) is 0 Å². The number of hydrogen-bond acceptors (Lipinski definition) is 20. The van der Waals surface area contributed by atoms with Gasteiger partial charge in [-0.05, 0) is 141 Å². The Morgan fingerprint density at radius 3 is 1.08 bits per heavy atom. The summed E-state index contributed by atoms with van der Waals surface area (Å²) in [5.74, 6) is -4.94. The average Bonchev–Trinajstić information content (AvgIpc) is 3.87. The van der Waals surface area contributed by atoms with E-state index in [0.29, 0.717) is 142 Å². The number of nitriles is 2. The molecule has 74 heavy (non-hydrogen) atoms. The number of carbonyl (C=O) groups excluding carboxylic acids is 8. The lowest BCUT2D eigenvalue weighted by Gasteiger charge is -2.30. The zero-order valence-corrected chi connectivity index (χ0v) is 43.2. The number of benzene rings is 1. The van der Waals surface area contributed by atoms with Gasteiger partial charge in [0.05, 0.1) is 76.0 Å². The molecule has 0 radical (unpaired) electrons. The predicted molar refractivity (Wildman–Crippen MR) is 265 cm³/mol. The van der Waals surface area contributed by atoms with Gasteiger partial charge in [0.15, 0.2) is 0 Å². The molecule has 4 aliphatic carbocycles. The zero-order chi connectivity index (χ0) is 53.0. The molecule has 1 aliphatic heterocycles.